The van der Waals surface area contributed by atoms with Crippen LogP contribution in [0.5, 0.6) is 17.2 Å². The van der Waals surface area contributed by atoms with Gasteiger partial charge in [-0.2, -0.15) is 0 Å². The molecule has 4 rings (SSSR count). The summed E-state index contributed by atoms with van der Waals surface area (Å²) >= 11 is 0. The van der Waals surface area contributed by atoms with Crippen LogP contribution in [0.25, 0.3) is 0 Å². The van der Waals surface area contributed by atoms with E-state index in [2.05, 4.69) is 0 Å². The number of amides is 1. The number of carbonyl (C=O) groups is 1. The van der Waals surface area contributed by atoms with Crippen molar-refractivity contribution < 1.29 is 23.9 Å². The molecule has 1 aliphatic heterocycles. The molecule has 0 saturated heterocycles. The average molecular weight is 463 g/mol. The molecule has 0 spiro atoms. The van der Waals surface area contributed by atoms with Gasteiger partial charge in [0.25, 0.3) is 5.69 Å². The van der Waals surface area contributed by atoms with Gasteiger partial charge < -0.3 is 19.1 Å². The van der Waals surface area contributed by atoms with Gasteiger partial charge in [0.2, 0.25) is 5.91 Å². The van der Waals surface area contributed by atoms with Crippen LogP contribution in [0.3, 0.4) is 0 Å². The Morgan fingerprint density at radius 3 is 2.35 bits per heavy atom. The standard InChI is InChI=1S/C26H26N2O6/c1-32-24-15-19-12-13-27(26(29)14-18-6-4-3-5-7-18)23(22(19)16-25(24)33-2)17-34-21-10-8-20(9-11-21)28(30)31/h3-11,15-16,23H,12-14,17H2,1-2H3/t23-/m0/s1. The molecule has 1 amide bonds. The quantitative estimate of drug-likeness (QED) is 0.365. The van der Waals surface area contributed by atoms with Gasteiger partial charge in [-0.15, -0.1) is 0 Å². The lowest BCUT2D eigenvalue weighted by Crippen LogP contribution is -2.43. The second-order valence-corrected chi connectivity index (χ2v) is 7.98. The highest BCUT2D eigenvalue weighted by Gasteiger charge is 2.32. The van der Waals surface area contributed by atoms with E-state index in [-0.39, 0.29) is 30.7 Å². The molecule has 1 atom stereocenters. The van der Waals surface area contributed by atoms with Crippen LogP contribution in [0.1, 0.15) is 22.7 Å². The number of benzene rings is 3. The van der Waals surface area contributed by atoms with Crippen LogP contribution in [0.2, 0.25) is 0 Å². The molecule has 0 unspecified atom stereocenters. The van der Waals surface area contributed by atoms with Crippen molar-refractivity contribution in [3.05, 3.63) is 93.5 Å². The van der Waals surface area contributed by atoms with Crippen molar-refractivity contribution in [1.29, 1.82) is 0 Å². The first kappa shape index (κ1) is 23.1. The summed E-state index contributed by atoms with van der Waals surface area (Å²) in [7, 11) is 3.17. The van der Waals surface area contributed by atoms with Crippen LogP contribution in [-0.2, 0) is 17.6 Å². The van der Waals surface area contributed by atoms with E-state index in [0.717, 1.165) is 16.7 Å². The van der Waals surface area contributed by atoms with Gasteiger partial charge in [0, 0.05) is 18.7 Å². The number of hydrogen-bond acceptors (Lipinski definition) is 6. The van der Waals surface area contributed by atoms with Gasteiger partial charge in [-0.25, -0.2) is 0 Å². The molecule has 1 aliphatic rings. The molecule has 34 heavy (non-hydrogen) atoms. The summed E-state index contributed by atoms with van der Waals surface area (Å²) in [5.74, 6) is 1.72. The minimum absolute atomic E-state index is 0.00364. The number of fused-ring (bicyclic) bond motifs is 1. The third-order valence-electron chi connectivity index (χ3n) is 5.98. The van der Waals surface area contributed by atoms with E-state index in [1.165, 1.54) is 12.1 Å². The maximum atomic E-state index is 13.3. The molecule has 0 N–H and O–H groups in total. The Morgan fingerprint density at radius 2 is 1.71 bits per heavy atom. The smallest absolute Gasteiger partial charge is 0.269 e. The van der Waals surface area contributed by atoms with E-state index in [0.29, 0.717) is 30.2 Å². The van der Waals surface area contributed by atoms with Gasteiger partial charge in [0.1, 0.15) is 12.4 Å². The molecule has 3 aromatic rings. The summed E-state index contributed by atoms with van der Waals surface area (Å²) in [6.45, 7) is 0.739. The molecule has 0 saturated carbocycles. The van der Waals surface area contributed by atoms with Crippen LogP contribution in [0, 0.1) is 10.1 Å². The third-order valence-corrected chi connectivity index (χ3v) is 5.98. The monoisotopic (exact) mass is 462 g/mol. The molecular weight excluding hydrogens is 436 g/mol. The first-order valence-corrected chi connectivity index (χ1v) is 11.0. The van der Waals surface area contributed by atoms with Crippen molar-refractivity contribution in [3.8, 4) is 17.2 Å². The van der Waals surface area contributed by atoms with Crippen LogP contribution in [0.15, 0.2) is 66.7 Å². The Balaban J connectivity index is 1.63. The Bertz CT molecular complexity index is 1160. The second-order valence-electron chi connectivity index (χ2n) is 7.98. The summed E-state index contributed by atoms with van der Waals surface area (Å²) in [4.78, 5) is 25.7. The fourth-order valence-electron chi connectivity index (χ4n) is 4.22. The Labute approximate surface area is 197 Å². The van der Waals surface area contributed by atoms with Crippen molar-refractivity contribution >= 4 is 11.6 Å². The molecule has 0 radical (unpaired) electrons. The van der Waals surface area contributed by atoms with Crippen molar-refractivity contribution in [2.45, 2.75) is 18.9 Å². The lowest BCUT2D eigenvalue weighted by atomic mass is 9.91. The van der Waals surface area contributed by atoms with E-state index in [1.807, 2.05) is 47.4 Å². The van der Waals surface area contributed by atoms with Gasteiger partial charge in [-0.3, -0.25) is 14.9 Å². The highest BCUT2D eigenvalue weighted by molar-refractivity contribution is 5.79. The second kappa shape index (κ2) is 10.2. The fourth-order valence-corrected chi connectivity index (χ4v) is 4.22. The van der Waals surface area contributed by atoms with E-state index in [9.17, 15) is 14.9 Å². The minimum atomic E-state index is -0.454. The lowest BCUT2D eigenvalue weighted by molar-refractivity contribution is -0.384. The van der Waals surface area contributed by atoms with E-state index < -0.39 is 4.92 Å². The largest absolute Gasteiger partial charge is 0.493 e. The predicted molar refractivity (Wildman–Crippen MR) is 126 cm³/mol. The topological polar surface area (TPSA) is 91.1 Å². The summed E-state index contributed by atoms with van der Waals surface area (Å²) in [5.41, 5.74) is 2.94. The van der Waals surface area contributed by atoms with Crippen molar-refractivity contribution in [1.82, 2.24) is 4.90 Å². The van der Waals surface area contributed by atoms with Crippen molar-refractivity contribution in [2.75, 3.05) is 27.4 Å². The number of rotatable bonds is 8. The van der Waals surface area contributed by atoms with Crippen molar-refractivity contribution in [3.63, 3.8) is 0 Å². The Kier molecular flexibility index (Phi) is 6.96. The number of nitro benzene ring substituents is 1. The SMILES string of the molecule is COc1cc2c(cc1OC)[C@H](COc1ccc([N+](=O)[O-])cc1)N(C(=O)Cc1ccccc1)CC2. The van der Waals surface area contributed by atoms with E-state index >= 15 is 0 Å². The number of ether oxygens (including phenoxy) is 3. The Hall–Kier alpha value is -4.07. The zero-order valence-electron chi connectivity index (χ0n) is 19.1. The normalized spacial score (nSPS) is 14.8. The highest BCUT2D eigenvalue weighted by atomic mass is 16.6. The van der Waals surface area contributed by atoms with E-state index in [4.69, 9.17) is 14.2 Å². The highest BCUT2D eigenvalue weighted by Crippen LogP contribution is 2.38. The van der Waals surface area contributed by atoms with Crippen LogP contribution < -0.4 is 14.2 Å². The van der Waals surface area contributed by atoms with Crippen molar-refractivity contribution in [2.24, 2.45) is 0 Å². The Morgan fingerprint density at radius 1 is 1.03 bits per heavy atom. The number of nitrogens with zero attached hydrogens (tertiary/aromatic N) is 2. The molecule has 8 heteroatoms. The van der Waals surface area contributed by atoms with E-state index in [1.54, 1.807) is 26.4 Å². The predicted octanol–water partition coefficient (Wildman–Crippen LogP) is 4.36. The molecule has 1 heterocycles. The summed E-state index contributed by atoms with van der Waals surface area (Å²) in [6, 6.07) is 19.1. The van der Waals surface area contributed by atoms with Crippen LogP contribution in [0.4, 0.5) is 5.69 Å². The molecular formula is C26H26N2O6. The summed E-state index contributed by atoms with van der Waals surface area (Å²) in [6.07, 6.45) is 0.974. The summed E-state index contributed by atoms with van der Waals surface area (Å²) in [5, 5.41) is 10.9. The van der Waals surface area contributed by atoms with Crippen LogP contribution >= 0.6 is 0 Å². The van der Waals surface area contributed by atoms with Gasteiger partial charge in [-0.1, -0.05) is 30.3 Å². The molecule has 8 nitrogen and oxygen atoms in total. The number of hydrogen-bond donors (Lipinski definition) is 0. The first-order chi connectivity index (χ1) is 16.5. The molecule has 0 bridgehead atoms. The molecule has 3 aromatic carbocycles. The number of non-ortho nitro benzene ring substituents is 1. The third kappa shape index (κ3) is 4.96. The molecule has 176 valence electrons. The molecule has 0 aliphatic carbocycles. The number of nitro groups is 1. The van der Waals surface area contributed by atoms with Gasteiger partial charge in [0.15, 0.2) is 11.5 Å². The zero-order chi connectivity index (χ0) is 24.1. The summed E-state index contributed by atoms with van der Waals surface area (Å²) < 4.78 is 17.0. The molecule has 0 aromatic heterocycles. The number of methoxy groups -OCH3 is 2. The average Bonchev–Trinajstić information content (AvgIpc) is 2.87. The first-order valence-electron chi connectivity index (χ1n) is 11.0. The maximum Gasteiger partial charge on any atom is 0.269 e. The fraction of sp³-hybridized carbons (Fsp3) is 0.269. The number of carbonyl (C=O) groups excluding carboxylic acids is 1. The van der Waals surface area contributed by atoms with Gasteiger partial charge in [-0.05, 0) is 47.4 Å². The lowest BCUT2D eigenvalue weighted by Gasteiger charge is -2.37. The molecule has 0 fully saturated rings. The maximum absolute atomic E-state index is 13.3. The minimum Gasteiger partial charge on any atom is -0.493 e. The van der Waals surface area contributed by atoms with Crippen LogP contribution in [-0.4, -0.2) is 43.1 Å². The van der Waals surface area contributed by atoms with Gasteiger partial charge in [0.05, 0.1) is 31.6 Å². The zero-order valence-corrected chi connectivity index (χ0v) is 19.1. The van der Waals surface area contributed by atoms with Gasteiger partial charge >= 0.3 is 0 Å².